The summed E-state index contributed by atoms with van der Waals surface area (Å²) in [5.41, 5.74) is -2.81. The lowest BCUT2D eigenvalue weighted by molar-refractivity contribution is 0.00806. The predicted octanol–water partition coefficient (Wildman–Crippen LogP) is 4.97. The number of aliphatic imine (C=N–C) groups is 1. The Morgan fingerprint density at radius 3 is 2.43 bits per heavy atom. The van der Waals surface area contributed by atoms with E-state index in [1.165, 1.54) is 20.0 Å². The summed E-state index contributed by atoms with van der Waals surface area (Å²) in [6.45, 7) is 13.0. The van der Waals surface area contributed by atoms with Crippen LogP contribution in [-0.2, 0) is 25.0 Å². The van der Waals surface area contributed by atoms with E-state index >= 15 is 0 Å². The van der Waals surface area contributed by atoms with Crippen LogP contribution >= 0.6 is 22.6 Å². The molecule has 35 heavy (non-hydrogen) atoms. The fraction of sp³-hybridized carbons (Fsp3) is 0.636. The van der Waals surface area contributed by atoms with Crippen LogP contribution in [0.15, 0.2) is 17.1 Å². The molecule has 0 unspecified atom stereocenters. The van der Waals surface area contributed by atoms with Crippen molar-refractivity contribution in [3.63, 3.8) is 0 Å². The molecule has 1 aliphatic heterocycles. The second-order valence-electron chi connectivity index (χ2n) is 10.9. The molecule has 198 valence electrons. The summed E-state index contributed by atoms with van der Waals surface area (Å²) < 4.78 is 67.8. The van der Waals surface area contributed by atoms with E-state index in [2.05, 4.69) is 24.6 Å². The molecular formula is C22H34F2IN3O5SSi. The number of carbonyl (C=O) groups is 1. The number of guanidine groups is 1. The maximum atomic E-state index is 14.8. The number of amides is 1. The topological polar surface area (TPSA) is 88.5 Å². The summed E-state index contributed by atoms with van der Waals surface area (Å²) in [7, 11) is -4.25. The van der Waals surface area contributed by atoms with Gasteiger partial charge in [-0.1, -0.05) is 19.6 Å². The van der Waals surface area contributed by atoms with Crippen LogP contribution in [-0.4, -0.2) is 69.5 Å². The molecule has 1 aromatic rings. The van der Waals surface area contributed by atoms with E-state index in [9.17, 15) is 22.0 Å². The van der Waals surface area contributed by atoms with Crippen molar-refractivity contribution in [2.24, 2.45) is 4.99 Å². The fourth-order valence-electron chi connectivity index (χ4n) is 3.26. The minimum Gasteiger partial charge on any atom is -0.443 e. The van der Waals surface area contributed by atoms with Crippen LogP contribution < -0.4 is 0 Å². The first kappa shape index (κ1) is 29.9. The molecule has 1 atom stereocenters. The molecule has 0 bridgehead atoms. The first-order valence-corrected chi connectivity index (χ1v) is 17.4. The monoisotopic (exact) mass is 645 g/mol. The quantitative estimate of drug-likeness (QED) is 0.144. The SMILES string of the molecule is CN1C(N(COCC[Si](C)(C)C)C(=O)OC(C)(C)C)=N[C@](C)(c2cc(I)cc(F)c2F)CS1(=O)=O. The molecule has 1 aliphatic rings. The van der Waals surface area contributed by atoms with Gasteiger partial charge in [0.15, 0.2) is 11.6 Å². The Hall–Kier alpha value is -1.32. The first-order chi connectivity index (χ1) is 15.8. The molecule has 0 spiro atoms. The van der Waals surface area contributed by atoms with Crippen LogP contribution in [0.2, 0.25) is 25.7 Å². The lowest BCUT2D eigenvalue weighted by Gasteiger charge is -2.39. The molecule has 0 radical (unpaired) electrons. The highest BCUT2D eigenvalue weighted by molar-refractivity contribution is 14.1. The Bertz CT molecular complexity index is 1110. The molecule has 2 rings (SSSR count). The molecule has 13 heteroatoms. The molecule has 1 amide bonds. The van der Waals surface area contributed by atoms with Gasteiger partial charge in [0.1, 0.15) is 17.9 Å². The van der Waals surface area contributed by atoms with E-state index in [1.807, 2.05) is 22.6 Å². The molecule has 0 saturated heterocycles. The molecule has 1 heterocycles. The standard InChI is InChI=1S/C22H34F2IN3O5SSi/c1-21(2,3)33-20(29)28(14-32-9-10-35(6,7)8)19-26-22(4,13-34(30,31)27(19)5)16-11-15(25)12-17(23)18(16)24/h11-12H,9-10,13-14H2,1-8H3/t22-/m0/s1. The van der Waals surface area contributed by atoms with Gasteiger partial charge in [-0.2, -0.15) is 0 Å². The molecular weight excluding hydrogens is 611 g/mol. The Morgan fingerprint density at radius 2 is 1.89 bits per heavy atom. The molecule has 1 aromatic carbocycles. The Balaban J connectivity index is 2.59. The number of halogens is 3. The van der Waals surface area contributed by atoms with Gasteiger partial charge in [0.25, 0.3) is 0 Å². The Kier molecular flexibility index (Phi) is 9.04. The minimum absolute atomic E-state index is 0.222. The predicted molar refractivity (Wildman–Crippen MR) is 142 cm³/mol. The summed E-state index contributed by atoms with van der Waals surface area (Å²) in [5, 5.41) is 0. The average molecular weight is 646 g/mol. The zero-order valence-corrected chi connectivity index (χ0v) is 25.4. The summed E-state index contributed by atoms with van der Waals surface area (Å²) in [6, 6.07) is 3.18. The molecule has 8 nitrogen and oxygen atoms in total. The third kappa shape index (κ3) is 7.83. The average Bonchev–Trinajstić information content (AvgIpc) is 2.65. The fourth-order valence-corrected chi connectivity index (χ4v) is 6.11. The summed E-state index contributed by atoms with van der Waals surface area (Å²) in [5.74, 6) is -3.21. The minimum atomic E-state index is -4.07. The second kappa shape index (κ2) is 10.6. The van der Waals surface area contributed by atoms with Crippen LogP contribution in [0.1, 0.15) is 33.3 Å². The van der Waals surface area contributed by atoms with Crippen molar-refractivity contribution >= 4 is 52.7 Å². The van der Waals surface area contributed by atoms with Crippen LogP contribution in [0.3, 0.4) is 0 Å². The number of rotatable bonds is 6. The number of ether oxygens (including phenoxy) is 2. The molecule has 0 fully saturated rings. The van der Waals surface area contributed by atoms with E-state index in [0.29, 0.717) is 10.2 Å². The Labute approximate surface area is 221 Å². The van der Waals surface area contributed by atoms with Gasteiger partial charge in [-0.25, -0.2) is 36.2 Å². The van der Waals surface area contributed by atoms with E-state index in [4.69, 9.17) is 9.47 Å². The number of carbonyl (C=O) groups excluding carboxylic acids is 1. The number of sulfonamides is 1. The van der Waals surface area contributed by atoms with Gasteiger partial charge in [-0.05, 0) is 68.5 Å². The van der Waals surface area contributed by atoms with Crippen LogP contribution in [0.5, 0.6) is 0 Å². The van der Waals surface area contributed by atoms with Crippen LogP contribution in [0.4, 0.5) is 13.6 Å². The number of nitrogens with zero attached hydrogens (tertiary/aromatic N) is 3. The van der Waals surface area contributed by atoms with E-state index in [1.54, 1.807) is 20.8 Å². The van der Waals surface area contributed by atoms with Gasteiger partial charge in [0.05, 0.1) is 5.75 Å². The number of hydrogen-bond donors (Lipinski definition) is 0. The number of benzene rings is 1. The first-order valence-electron chi connectivity index (χ1n) is 11.1. The van der Waals surface area contributed by atoms with Crippen molar-refractivity contribution < 1.29 is 31.5 Å². The molecule has 0 saturated carbocycles. The zero-order chi connectivity index (χ0) is 27.0. The highest BCUT2D eigenvalue weighted by Gasteiger charge is 2.46. The van der Waals surface area contributed by atoms with Gasteiger partial charge in [-0.15, -0.1) is 0 Å². The van der Waals surface area contributed by atoms with Crippen molar-refractivity contribution in [3.05, 3.63) is 32.9 Å². The van der Waals surface area contributed by atoms with Crippen molar-refractivity contribution in [1.29, 1.82) is 0 Å². The van der Waals surface area contributed by atoms with Crippen molar-refractivity contribution in [3.8, 4) is 0 Å². The van der Waals surface area contributed by atoms with Crippen LogP contribution in [0, 0.1) is 15.2 Å². The lowest BCUT2D eigenvalue weighted by Crippen LogP contribution is -2.56. The van der Waals surface area contributed by atoms with Crippen molar-refractivity contribution in [2.75, 3.05) is 26.1 Å². The Morgan fingerprint density at radius 1 is 1.29 bits per heavy atom. The van der Waals surface area contributed by atoms with E-state index in [0.717, 1.165) is 21.3 Å². The zero-order valence-electron chi connectivity index (χ0n) is 21.4. The van der Waals surface area contributed by atoms with Gasteiger partial charge >= 0.3 is 6.09 Å². The lowest BCUT2D eigenvalue weighted by atomic mass is 9.94. The second-order valence-corrected chi connectivity index (χ2v) is 19.8. The maximum absolute atomic E-state index is 14.8. The van der Waals surface area contributed by atoms with Gasteiger partial charge in [0, 0.05) is 30.9 Å². The summed E-state index contributed by atoms with van der Waals surface area (Å²) in [4.78, 5) is 18.6. The van der Waals surface area contributed by atoms with Gasteiger partial charge < -0.3 is 9.47 Å². The van der Waals surface area contributed by atoms with Crippen LogP contribution in [0.25, 0.3) is 0 Å². The molecule has 0 aliphatic carbocycles. The summed E-state index contributed by atoms with van der Waals surface area (Å²) in [6.07, 6.45) is -0.871. The van der Waals surface area contributed by atoms with Gasteiger partial charge in [-0.3, -0.25) is 0 Å². The third-order valence-electron chi connectivity index (χ3n) is 5.15. The third-order valence-corrected chi connectivity index (χ3v) is 9.41. The highest BCUT2D eigenvalue weighted by atomic mass is 127. The van der Waals surface area contributed by atoms with Crippen molar-refractivity contribution in [2.45, 2.75) is 64.5 Å². The maximum Gasteiger partial charge on any atom is 0.419 e. The smallest absolute Gasteiger partial charge is 0.419 e. The highest BCUT2D eigenvalue weighted by Crippen LogP contribution is 2.36. The van der Waals surface area contributed by atoms with E-state index < -0.39 is 52.7 Å². The molecule has 0 N–H and O–H groups in total. The van der Waals surface area contributed by atoms with Crippen molar-refractivity contribution in [1.82, 2.24) is 9.21 Å². The normalized spacial score (nSPS) is 20.4. The largest absolute Gasteiger partial charge is 0.443 e. The molecule has 0 aromatic heterocycles. The number of hydrogen-bond acceptors (Lipinski definition) is 6. The summed E-state index contributed by atoms with van der Waals surface area (Å²) >= 11 is 1.82. The van der Waals surface area contributed by atoms with E-state index in [-0.39, 0.29) is 18.3 Å². The van der Waals surface area contributed by atoms with Gasteiger partial charge in [0.2, 0.25) is 16.0 Å².